The van der Waals surface area contributed by atoms with Crippen molar-refractivity contribution in [3.63, 3.8) is 0 Å². The zero-order chi connectivity index (χ0) is 10.1. The third kappa shape index (κ3) is 1.75. The van der Waals surface area contributed by atoms with Crippen LogP contribution in [0.15, 0.2) is 36.1 Å². The first-order chi connectivity index (χ1) is 6.66. The van der Waals surface area contributed by atoms with E-state index >= 15 is 0 Å². The minimum atomic E-state index is 0.255. The zero-order valence-corrected chi connectivity index (χ0v) is 8.85. The van der Waals surface area contributed by atoms with Gasteiger partial charge in [0.2, 0.25) is 0 Å². The van der Waals surface area contributed by atoms with Crippen LogP contribution in [0.2, 0.25) is 0 Å². The Balaban J connectivity index is 2.08. The number of fused-ring (bicyclic) bond motifs is 1. The van der Waals surface area contributed by atoms with Crippen LogP contribution in [0.5, 0.6) is 0 Å². The molecule has 3 unspecified atom stereocenters. The molecule has 2 nitrogen and oxygen atoms in total. The molecule has 0 bridgehead atoms. The van der Waals surface area contributed by atoms with E-state index in [1.54, 1.807) is 0 Å². The normalized spacial score (nSPS) is 31.6. The van der Waals surface area contributed by atoms with Crippen molar-refractivity contribution in [2.75, 3.05) is 7.05 Å². The van der Waals surface area contributed by atoms with Crippen molar-refractivity contribution in [2.45, 2.75) is 25.4 Å². The average Bonchev–Trinajstić information content (AvgIpc) is 2.46. The second-order valence-corrected chi connectivity index (χ2v) is 4.36. The molecule has 2 rings (SSSR count). The van der Waals surface area contributed by atoms with E-state index in [9.17, 15) is 0 Å². The van der Waals surface area contributed by atoms with Crippen LogP contribution >= 0.6 is 0 Å². The quantitative estimate of drug-likeness (QED) is 0.717. The Hall–Kier alpha value is -1.02. The number of allylic oxidation sites excluding steroid dienone is 1. The van der Waals surface area contributed by atoms with Gasteiger partial charge in [-0.05, 0) is 19.5 Å². The fourth-order valence-electron chi connectivity index (χ4n) is 2.17. The molecule has 2 N–H and O–H groups in total. The first kappa shape index (κ1) is 9.53. The molecular weight excluding hydrogens is 172 g/mol. The summed E-state index contributed by atoms with van der Waals surface area (Å²) >= 11 is 0. The van der Waals surface area contributed by atoms with Crippen molar-refractivity contribution in [3.8, 4) is 0 Å². The summed E-state index contributed by atoms with van der Waals surface area (Å²) in [5.41, 5.74) is 7.16. The summed E-state index contributed by atoms with van der Waals surface area (Å²) in [6.07, 6.45) is 12.2. The van der Waals surface area contributed by atoms with E-state index in [2.05, 4.69) is 49.4 Å². The van der Waals surface area contributed by atoms with Crippen LogP contribution in [0, 0.1) is 5.92 Å². The van der Waals surface area contributed by atoms with Crippen molar-refractivity contribution in [2.24, 2.45) is 11.7 Å². The molecule has 0 saturated carbocycles. The van der Waals surface area contributed by atoms with Gasteiger partial charge in [0.05, 0.1) is 6.04 Å². The van der Waals surface area contributed by atoms with Gasteiger partial charge >= 0.3 is 0 Å². The summed E-state index contributed by atoms with van der Waals surface area (Å²) in [6.45, 7) is 2.05. The van der Waals surface area contributed by atoms with Crippen LogP contribution in [-0.2, 0) is 0 Å². The molecule has 0 radical (unpaired) electrons. The molecule has 76 valence electrons. The Morgan fingerprint density at radius 1 is 1.50 bits per heavy atom. The number of hydrogen-bond donors (Lipinski definition) is 1. The molecule has 1 aliphatic heterocycles. The second-order valence-electron chi connectivity index (χ2n) is 4.36. The third-order valence-electron chi connectivity index (χ3n) is 2.88. The van der Waals surface area contributed by atoms with Gasteiger partial charge in [-0.1, -0.05) is 29.9 Å². The summed E-state index contributed by atoms with van der Waals surface area (Å²) in [6, 6.07) is 0.789. The Morgan fingerprint density at radius 2 is 2.29 bits per heavy atom. The molecule has 0 saturated heterocycles. The van der Waals surface area contributed by atoms with Gasteiger partial charge in [0.25, 0.3) is 0 Å². The standard InChI is InChI=1S/C12H18N2/c1-9(13)7-10-3-4-12-11(8-10)5-6-14(12)2/h3-6,8-9,11-12H,7,13H2,1-2H3. The van der Waals surface area contributed by atoms with Crippen LogP contribution in [-0.4, -0.2) is 24.0 Å². The highest BCUT2D eigenvalue weighted by molar-refractivity contribution is 5.33. The summed E-state index contributed by atoms with van der Waals surface area (Å²) in [7, 11) is 2.12. The van der Waals surface area contributed by atoms with Crippen LogP contribution in [0.25, 0.3) is 0 Å². The lowest BCUT2D eigenvalue weighted by Crippen LogP contribution is -2.28. The summed E-state index contributed by atoms with van der Waals surface area (Å²) < 4.78 is 0. The van der Waals surface area contributed by atoms with Crippen molar-refractivity contribution < 1.29 is 0 Å². The lowest BCUT2D eigenvalue weighted by molar-refractivity contribution is 0.379. The lowest BCUT2D eigenvalue weighted by atomic mass is 9.91. The fraction of sp³-hybridized carbons (Fsp3) is 0.500. The van der Waals surface area contributed by atoms with Gasteiger partial charge in [0.15, 0.2) is 0 Å². The Kier molecular flexibility index (Phi) is 2.46. The molecule has 1 heterocycles. The van der Waals surface area contributed by atoms with E-state index in [1.165, 1.54) is 5.57 Å². The van der Waals surface area contributed by atoms with Gasteiger partial charge in [0.1, 0.15) is 0 Å². The van der Waals surface area contributed by atoms with Crippen molar-refractivity contribution in [3.05, 3.63) is 36.1 Å². The summed E-state index contributed by atoms with van der Waals surface area (Å²) in [5.74, 6) is 0.554. The molecule has 0 aromatic heterocycles. The fourth-order valence-corrected chi connectivity index (χ4v) is 2.17. The van der Waals surface area contributed by atoms with E-state index in [1.807, 2.05) is 0 Å². The molecule has 0 fully saturated rings. The monoisotopic (exact) mass is 190 g/mol. The maximum absolute atomic E-state index is 5.78. The van der Waals surface area contributed by atoms with Crippen LogP contribution < -0.4 is 5.73 Å². The number of likely N-dealkylation sites (N-methyl/N-ethyl adjacent to an activating group) is 1. The maximum Gasteiger partial charge on any atom is 0.0565 e. The van der Waals surface area contributed by atoms with E-state index in [-0.39, 0.29) is 6.04 Å². The maximum atomic E-state index is 5.78. The number of nitrogens with two attached hydrogens (primary N) is 1. The van der Waals surface area contributed by atoms with Gasteiger partial charge in [0, 0.05) is 19.0 Å². The van der Waals surface area contributed by atoms with Gasteiger partial charge < -0.3 is 10.6 Å². The molecule has 2 heteroatoms. The largest absolute Gasteiger partial charge is 0.373 e. The van der Waals surface area contributed by atoms with E-state index in [0.717, 1.165) is 6.42 Å². The van der Waals surface area contributed by atoms with E-state index in [0.29, 0.717) is 12.0 Å². The van der Waals surface area contributed by atoms with Gasteiger partial charge in [-0.2, -0.15) is 0 Å². The molecule has 14 heavy (non-hydrogen) atoms. The average molecular weight is 190 g/mol. The first-order valence-corrected chi connectivity index (χ1v) is 5.21. The van der Waals surface area contributed by atoms with E-state index in [4.69, 9.17) is 5.73 Å². The Labute approximate surface area is 85.8 Å². The molecule has 0 aromatic rings. The molecule has 0 aromatic carbocycles. The van der Waals surface area contributed by atoms with Crippen molar-refractivity contribution in [1.82, 2.24) is 4.90 Å². The van der Waals surface area contributed by atoms with E-state index < -0.39 is 0 Å². The lowest BCUT2D eigenvalue weighted by Gasteiger charge is -2.25. The highest BCUT2D eigenvalue weighted by atomic mass is 15.1. The van der Waals surface area contributed by atoms with Crippen LogP contribution in [0.1, 0.15) is 13.3 Å². The zero-order valence-electron chi connectivity index (χ0n) is 8.85. The minimum Gasteiger partial charge on any atom is -0.373 e. The van der Waals surface area contributed by atoms with Crippen molar-refractivity contribution in [1.29, 1.82) is 0 Å². The third-order valence-corrected chi connectivity index (χ3v) is 2.88. The smallest absolute Gasteiger partial charge is 0.0565 e. The minimum absolute atomic E-state index is 0.255. The van der Waals surface area contributed by atoms with Crippen LogP contribution in [0.3, 0.4) is 0 Å². The predicted octanol–water partition coefficient (Wildman–Crippen LogP) is 1.66. The topological polar surface area (TPSA) is 29.3 Å². The summed E-state index contributed by atoms with van der Waals surface area (Å²) in [5, 5.41) is 0. The highest BCUT2D eigenvalue weighted by Gasteiger charge is 2.25. The SMILES string of the molecule is CC(N)CC1=CC2C=CN(C)C2C=C1. The Morgan fingerprint density at radius 3 is 3.00 bits per heavy atom. The number of hydrogen-bond acceptors (Lipinski definition) is 2. The second kappa shape index (κ2) is 3.62. The highest BCUT2D eigenvalue weighted by Crippen LogP contribution is 2.28. The van der Waals surface area contributed by atoms with Gasteiger partial charge in [-0.25, -0.2) is 0 Å². The molecule has 2 aliphatic rings. The molecular formula is C12H18N2. The molecule has 3 atom stereocenters. The Bertz CT molecular complexity index is 299. The molecule has 0 amide bonds. The number of nitrogens with zero attached hydrogens (tertiary/aromatic N) is 1. The van der Waals surface area contributed by atoms with Gasteiger partial charge in [-0.15, -0.1) is 0 Å². The molecule has 1 aliphatic carbocycles. The first-order valence-electron chi connectivity index (χ1n) is 5.21. The predicted molar refractivity (Wildman–Crippen MR) is 59.7 cm³/mol. The van der Waals surface area contributed by atoms with Crippen LogP contribution in [0.4, 0.5) is 0 Å². The summed E-state index contributed by atoms with van der Waals surface area (Å²) in [4.78, 5) is 2.25. The van der Waals surface area contributed by atoms with Gasteiger partial charge in [-0.3, -0.25) is 0 Å². The van der Waals surface area contributed by atoms with Crippen molar-refractivity contribution >= 4 is 0 Å². The molecule has 0 spiro atoms. The number of rotatable bonds is 2.